The van der Waals surface area contributed by atoms with Gasteiger partial charge in [-0.2, -0.15) is 0 Å². The van der Waals surface area contributed by atoms with Crippen LogP contribution < -0.4 is 5.32 Å². The average molecular weight is 442 g/mol. The largest absolute Gasteiger partial charge is 0.322 e. The normalized spacial score (nSPS) is 15.0. The minimum atomic E-state index is -0.263. The van der Waals surface area contributed by atoms with Crippen molar-refractivity contribution < 1.29 is 4.79 Å². The molecular weight excluding hydrogens is 418 g/mol. The molecule has 1 atom stereocenters. The highest BCUT2D eigenvalue weighted by atomic mass is 35.5. The van der Waals surface area contributed by atoms with E-state index >= 15 is 0 Å². The number of carbonyl (C=O) groups is 1. The summed E-state index contributed by atoms with van der Waals surface area (Å²) in [5.41, 5.74) is 7.26. The van der Waals surface area contributed by atoms with E-state index in [2.05, 4.69) is 40.3 Å². The van der Waals surface area contributed by atoms with Gasteiger partial charge in [0.2, 0.25) is 0 Å². The van der Waals surface area contributed by atoms with Crippen LogP contribution in [0.15, 0.2) is 85.1 Å². The number of hydrogen-bond donors (Lipinski definition) is 1. The van der Waals surface area contributed by atoms with Gasteiger partial charge in [0.05, 0.1) is 18.3 Å². The molecule has 0 saturated heterocycles. The summed E-state index contributed by atoms with van der Waals surface area (Å²) in [7, 11) is 0. The standard InChI is InChI=1S/C27H24ClN3O/c1-18-14-19(2)16-23(15-18)29-27(32)31-17-21-6-3-4-7-24(21)30-13-5-8-25(30)26(31)20-9-11-22(28)12-10-20/h3-16,26H,17H2,1-2H3,(H,29,32)/t26-/m0/s1. The number of hydrogen-bond acceptors (Lipinski definition) is 1. The van der Waals surface area contributed by atoms with E-state index in [-0.39, 0.29) is 12.1 Å². The van der Waals surface area contributed by atoms with Gasteiger partial charge in [-0.3, -0.25) is 0 Å². The van der Waals surface area contributed by atoms with Gasteiger partial charge in [-0.25, -0.2) is 4.79 Å². The Kier molecular flexibility index (Phi) is 5.24. The summed E-state index contributed by atoms with van der Waals surface area (Å²) in [5.74, 6) is 0. The van der Waals surface area contributed by atoms with E-state index in [1.165, 1.54) is 0 Å². The highest BCUT2D eigenvalue weighted by Crippen LogP contribution is 2.37. The van der Waals surface area contributed by atoms with Crippen LogP contribution in [0.5, 0.6) is 0 Å². The number of nitrogens with one attached hydrogen (secondary N) is 1. The van der Waals surface area contributed by atoms with Gasteiger partial charge in [-0.1, -0.05) is 48.0 Å². The molecule has 4 aromatic rings. The fourth-order valence-electron chi connectivity index (χ4n) is 4.58. The highest BCUT2D eigenvalue weighted by Gasteiger charge is 2.33. The van der Waals surface area contributed by atoms with Crippen molar-refractivity contribution in [1.29, 1.82) is 0 Å². The molecule has 4 nitrogen and oxygen atoms in total. The molecule has 5 heteroatoms. The smallest absolute Gasteiger partial charge is 0.318 e. The summed E-state index contributed by atoms with van der Waals surface area (Å²) in [6, 6.07) is 25.8. The molecule has 0 unspecified atom stereocenters. The second kappa shape index (κ2) is 8.21. The first-order valence-electron chi connectivity index (χ1n) is 10.7. The van der Waals surface area contributed by atoms with Gasteiger partial charge in [0.25, 0.3) is 0 Å². The van der Waals surface area contributed by atoms with Crippen molar-refractivity contribution in [2.75, 3.05) is 5.32 Å². The Labute approximate surface area is 193 Å². The molecule has 160 valence electrons. The fourth-order valence-corrected chi connectivity index (χ4v) is 4.70. The number of carbonyl (C=O) groups excluding carboxylic acids is 1. The molecule has 0 radical (unpaired) electrons. The summed E-state index contributed by atoms with van der Waals surface area (Å²) in [6.07, 6.45) is 2.06. The summed E-state index contributed by atoms with van der Waals surface area (Å²) >= 11 is 6.17. The second-order valence-electron chi connectivity index (χ2n) is 8.32. The summed E-state index contributed by atoms with van der Waals surface area (Å²) in [4.78, 5) is 15.6. The zero-order chi connectivity index (χ0) is 22.2. The van der Waals surface area contributed by atoms with E-state index in [0.717, 1.165) is 39.3 Å². The molecular formula is C27H24ClN3O. The average Bonchev–Trinajstić information content (AvgIpc) is 3.18. The summed E-state index contributed by atoms with van der Waals surface area (Å²) in [6.45, 7) is 4.56. The Morgan fingerprint density at radius 2 is 1.66 bits per heavy atom. The lowest BCUT2D eigenvalue weighted by molar-refractivity contribution is 0.194. The highest BCUT2D eigenvalue weighted by molar-refractivity contribution is 6.30. The van der Waals surface area contributed by atoms with Crippen LogP contribution in [-0.4, -0.2) is 15.5 Å². The number of aromatic nitrogens is 1. The SMILES string of the molecule is Cc1cc(C)cc(NC(=O)N2Cc3ccccc3-n3cccc3[C@@H]2c2ccc(Cl)cc2)c1. The quantitative estimate of drug-likeness (QED) is 0.361. The maximum absolute atomic E-state index is 13.7. The molecule has 1 aliphatic rings. The van der Waals surface area contributed by atoms with Crippen LogP contribution >= 0.6 is 11.6 Å². The molecule has 3 aromatic carbocycles. The monoisotopic (exact) mass is 441 g/mol. The Morgan fingerprint density at radius 1 is 0.938 bits per heavy atom. The number of rotatable bonds is 2. The minimum absolute atomic E-state index is 0.139. The zero-order valence-corrected chi connectivity index (χ0v) is 18.8. The number of anilines is 1. The molecule has 1 N–H and O–H groups in total. The summed E-state index contributed by atoms with van der Waals surface area (Å²) < 4.78 is 2.18. The third kappa shape index (κ3) is 3.78. The lowest BCUT2D eigenvalue weighted by Gasteiger charge is -2.31. The first-order chi connectivity index (χ1) is 15.5. The first kappa shape index (κ1) is 20.4. The molecule has 5 rings (SSSR count). The predicted molar refractivity (Wildman–Crippen MR) is 130 cm³/mol. The van der Waals surface area contributed by atoms with Gasteiger partial charge < -0.3 is 14.8 Å². The molecule has 1 aliphatic heterocycles. The van der Waals surface area contributed by atoms with E-state index in [9.17, 15) is 4.79 Å². The van der Waals surface area contributed by atoms with Gasteiger partial charge in [-0.05, 0) is 78.6 Å². The third-order valence-electron chi connectivity index (χ3n) is 5.88. The number of benzene rings is 3. The van der Waals surface area contributed by atoms with Gasteiger partial charge in [0.15, 0.2) is 0 Å². The first-order valence-corrected chi connectivity index (χ1v) is 11.0. The molecule has 1 aromatic heterocycles. The molecule has 0 saturated carbocycles. The van der Waals surface area contributed by atoms with E-state index in [1.807, 2.05) is 73.3 Å². The van der Waals surface area contributed by atoms with E-state index < -0.39 is 0 Å². The Bertz CT molecular complexity index is 1270. The number of para-hydroxylation sites is 1. The van der Waals surface area contributed by atoms with Crippen LogP contribution in [-0.2, 0) is 6.54 Å². The molecule has 0 aliphatic carbocycles. The van der Waals surface area contributed by atoms with Crippen molar-refractivity contribution in [2.45, 2.75) is 26.4 Å². The van der Waals surface area contributed by atoms with Crippen LogP contribution in [0.3, 0.4) is 0 Å². The van der Waals surface area contributed by atoms with Crippen LogP contribution in [0, 0.1) is 13.8 Å². The molecule has 2 amide bonds. The van der Waals surface area contributed by atoms with Crippen molar-refractivity contribution in [2.24, 2.45) is 0 Å². The van der Waals surface area contributed by atoms with Crippen molar-refractivity contribution in [3.8, 4) is 5.69 Å². The van der Waals surface area contributed by atoms with Gasteiger partial charge in [0, 0.05) is 22.6 Å². The van der Waals surface area contributed by atoms with Crippen LogP contribution in [0.25, 0.3) is 5.69 Å². The number of halogens is 1. The maximum atomic E-state index is 13.7. The van der Waals surface area contributed by atoms with E-state index in [4.69, 9.17) is 11.6 Å². The van der Waals surface area contributed by atoms with Gasteiger partial charge >= 0.3 is 6.03 Å². The lowest BCUT2D eigenvalue weighted by atomic mass is 10.0. The van der Waals surface area contributed by atoms with Gasteiger partial charge in [0.1, 0.15) is 0 Å². The minimum Gasteiger partial charge on any atom is -0.318 e. The van der Waals surface area contributed by atoms with Crippen LogP contribution in [0.4, 0.5) is 10.5 Å². The molecule has 0 bridgehead atoms. The van der Waals surface area contributed by atoms with Crippen molar-refractivity contribution in [1.82, 2.24) is 9.47 Å². The third-order valence-corrected chi connectivity index (χ3v) is 6.14. The van der Waals surface area contributed by atoms with E-state index in [0.29, 0.717) is 11.6 Å². The number of amides is 2. The second-order valence-corrected chi connectivity index (χ2v) is 8.76. The Balaban J connectivity index is 1.62. The maximum Gasteiger partial charge on any atom is 0.322 e. The number of aryl methyl sites for hydroxylation is 2. The van der Waals surface area contributed by atoms with Crippen molar-refractivity contribution >= 4 is 23.3 Å². The predicted octanol–water partition coefficient (Wildman–Crippen LogP) is 6.88. The van der Waals surface area contributed by atoms with Gasteiger partial charge in [-0.15, -0.1) is 0 Å². The fraction of sp³-hybridized carbons (Fsp3) is 0.148. The summed E-state index contributed by atoms with van der Waals surface area (Å²) in [5, 5.41) is 3.81. The molecule has 32 heavy (non-hydrogen) atoms. The molecule has 0 fully saturated rings. The Morgan fingerprint density at radius 3 is 2.41 bits per heavy atom. The number of nitrogens with zero attached hydrogens (tertiary/aromatic N) is 2. The molecule has 0 spiro atoms. The van der Waals surface area contributed by atoms with Crippen molar-refractivity contribution in [3.63, 3.8) is 0 Å². The van der Waals surface area contributed by atoms with Crippen molar-refractivity contribution in [3.05, 3.63) is 118 Å². The van der Waals surface area contributed by atoms with Crippen LogP contribution in [0.2, 0.25) is 5.02 Å². The lowest BCUT2D eigenvalue weighted by Crippen LogP contribution is -2.37. The number of fused-ring (bicyclic) bond motifs is 3. The topological polar surface area (TPSA) is 37.3 Å². The Hall–Kier alpha value is -3.50. The van der Waals surface area contributed by atoms with E-state index in [1.54, 1.807) is 0 Å². The van der Waals surface area contributed by atoms with Crippen LogP contribution in [0.1, 0.15) is 34.0 Å². The molecule has 2 heterocycles. The number of urea groups is 1. The zero-order valence-electron chi connectivity index (χ0n) is 18.0.